The predicted octanol–water partition coefficient (Wildman–Crippen LogP) is 2.69. The lowest BCUT2D eigenvalue weighted by molar-refractivity contribution is -0.143. The van der Waals surface area contributed by atoms with Gasteiger partial charge in [0.2, 0.25) is 0 Å². The van der Waals surface area contributed by atoms with Crippen molar-refractivity contribution in [3.63, 3.8) is 0 Å². The summed E-state index contributed by atoms with van der Waals surface area (Å²) in [6, 6.07) is 3.34. The molecular weight excluding hydrogens is 245 g/mol. The molecule has 0 saturated heterocycles. The number of carbonyl (C=O) groups is 1. The zero-order valence-corrected chi connectivity index (χ0v) is 10.7. The van der Waals surface area contributed by atoms with E-state index in [0.29, 0.717) is 5.56 Å². The molecular formula is C12H15ClFNO2. The minimum Gasteiger partial charge on any atom is -0.468 e. The summed E-state index contributed by atoms with van der Waals surface area (Å²) < 4.78 is 17.9. The molecule has 0 aromatic heterocycles. The van der Waals surface area contributed by atoms with Crippen LogP contribution in [0.15, 0.2) is 18.2 Å². The second-order valence-electron chi connectivity index (χ2n) is 3.98. The fourth-order valence-electron chi connectivity index (χ4n) is 1.49. The van der Waals surface area contributed by atoms with Crippen LogP contribution in [0, 0.1) is 5.82 Å². The number of halogens is 2. The van der Waals surface area contributed by atoms with Crippen LogP contribution in [0.4, 0.5) is 4.39 Å². The van der Waals surface area contributed by atoms with Crippen LogP contribution < -0.4 is 5.32 Å². The van der Waals surface area contributed by atoms with E-state index in [1.165, 1.54) is 19.2 Å². The van der Waals surface area contributed by atoms with Crippen molar-refractivity contribution in [2.24, 2.45) is 0 Å². The molecule has 1 unspecified atom stereocenters. The minimum atomic E-state index is -0.715. The van der Waals surface area contributed by atoms with E-state index in [0.717, 1.165) is 0 Å². The minimum absolute atomic E-state index is 0.0566. The molecule has 3 nitrogen and oxygen atoms in total. The number of benzene rings is 1. The Bertz CT molecular complexity index is 389. The third-order valence-corrected chi connectivity index (χ3v) is 2.37. The van der Waals surface area contributed by atoms with Crippen LogP contribution in [0.2, 0.25) is 5.02 Å². The Morgan fingerprint density at radius 2 is 2.06 bits per heavy atom. The van der Waals surface area contributed by atoms with E-state index in [2.05, 4.69) is 10.1 Å². The van der Waals surface area contributed by atoms with E-state index in [4.69, 9.17) is 11.6 Å². The molecule has 0 aliphatic carbocycles. The Hall–Kier alpha value is -1.13. The van der Waals surface area contributed by atoms with Crippen molar-refractivity contribution in [1.29, 1.82) is 0 Å². The first-order valence-electron chi connectivity index (χ1n) is 5.24. The van der Waals surface area contributed by atoms with Crippen molar-refractivity contribution >= 4 is 17.6 Å². The van der Waals surface area contributed by atoms with Gasteiger partial charge in [0.15, 0.2) is 0 Å². The van der Waals surface area contributed by atoms with Gasteiger partial charge in [-0.3, -0.25) is 5.32 Å². The van der Waals surface area contributed by atoms with Crippen LogP contribution in [0.1, 0.15) is 25.5 Å². The molecule has 1 aromatic carbocycles. The second kappa shape index (κ2) is 5.98. The Labute approximate surface area is 105 Å². The molecule has 1 aromatic rings. The molecule has 1 atom stereocenters. The van der Waals surface area contributed by atoms with E-state index >= 15 is 0 Å². The number of nitrogens with one attached hydrogen (secondary N) is 1. The lowest BCUT2D eigenvalue weighted by Gasteiger charge is -2.19. The summed E-state index contributed by atoms with van der Waals surface area (Å²) >= 11 is 5.76. The number of hydrogen-bond acceptors (Lipinski definition) is 3. The molecule has 0 amide bonds. The number of esters is 1. The van der Waals surface area contributed by atoms with Crippen molar-refractivity contribution in [3.05, 3.63) is 34.6 Å². The van der Waals surface area contributed by atoms with Crippen LogP contribution in [-0.2, 0) is 9.53 Å². The maximum atomic E-state index is 13.2. The fraction of sp³-hybridized carbons (Fsp3) is 0.417. The average Bonchev–Trinajstić information content (AvgIpc) is 2.23. The number of ether oxygens (including phenoxy) is 1. The van der Waals surface area contributed by atoms with Crippen molar-refractivity contribution < 1.29 is 13.9 Å². The highest BCUT2D eigenvalue weighted by atomic mass is 35.5. The predicted molar refractivity (Wildman–Crippen MR) is 64.4 cm³/mol. The topological polar surface area (TPSA) is 38.3 Å². The highest BCUT2D eigenvalue weighted by Gasteiger charge is 2.22. The van der Waals surface area contributed by atoms with Crippen LogP contribution in [0.25, 0.3) is 0 Å². The molecule has 1 rings (SSSR count). The highest BCUT2D eigenvalue weighted by Crippen LogP contribution is 2.21. The van der Waals surface area contributed by atoms with E-state index in [9.17, 15) is 9.18 Å². The molecule has 0 bridgehead atoms. The first kappa shape index (κ1) is 13.9. The molecule has 5 heteroatoms. The third-order valence-electron chi connectivity index (χ3n) is 2.16. The Morgan fingerprint density at radius 3 is 2.53 bits per heavy atom. The summed E-state index contributed by atoms with van der Waals surface area (Å²) in [5.41, 5.74) is 0.454. The second-order valence-corrected chi connectivity index (χ2v) is 4.42. The van der Waals surface area contributed by atoms with Crippen LogP contribution in [-0.4, -0.2) is 19.1 Å². The number of methoxy groups -OCH3 is 1. The largest absolute Gasteiger partial charge is 0.468 e. The SMILES string of the molecule is COC(=O)C(NC(C)C)c1cc(F)cc(Cl)c1. The van der Waals surface area contributed by atoms with Gasteiger partial charge in [0, 0.05) is 11.1 Å². The zero-order valence-electron chi connectivity index (χ0n) is 9.96. The van der Waals surface area contributed by atoms with Crippen molar-refractivity contribution in [3.8, 4) is 0 Å². The van der Waals surface area contributed by atoms with Crippen LogP contribution in [0.3, 0.4) is 0 Å². The molecule has 0 aliphatic rings. The van der Waals surface area contributed by atoms with Gasteiger partial charge in [-0.2, -0.15) is 0 Å². The normalized spacial score (nSPS) is 12.6. The molecule has 1 N–H and O–H groups in total. The van der Waals surface area contributed by atoms with Gasteiger partial charge in [0.1, 0.15) is 11.9 Å². The fourth-order valence-corrected chi connectivity index (χ4v) is 1.72. The summed E-state index contributed by atoms with van der Waals surface area (Å²) in [4.78, 5) is 11.6. The van der Waals surface area contributed by atoms with Gasteiger partial charge in [-0.15, -0.1) is 0 Å². The molecule has 94 valence electrons. The Kier molecular flexibility index (Phi) is 4.90. The van der Waals surface area contributed by atoms with Gasteiger partial charge >= 0.3 is 5.97 Å². The highest BCUT2D eigenvalue weighted by molar-refractivity contribution is 6.30. The maximum absolute atomic E-state index is 13.2. The smallest absolute Gasteiger partial charge is 0.327 e. The summed E-state index contributed by atoms with van der Waals surface area (Å²) in [6.45, 7) is 3.77. The van der Waals surface area contributed by atoms with E-state index in [-0.39, 0.29) is 11.1 Å². The first-order valence-corrected chi connectivity index (χ1v) is 5.61. The number of rotatable bonds is 4. The van der Waals surface area contributed by atoms with Gasteiger partial charge in [0.05, 0.1) is 7.11 Å². The van der Waals surface area contributed by atoms with E-state index in [1.54, 1.807) is 6.07 Å². The molecule has 0 spiro atoms. The standard InChI is InChI=1S/C12H15ClFNO2/c1-7(2)15-11(12(16)17-3)8-4-9(13)6-10(14)5-8/h4-7,11,15H,1-3H3. The quantitative estimate of drug-likeness (QED) is 0.845. The van der Waals surface area contributed by atoms with Crippen molar-refractivity contribution in [2.45, 2.75) is 25.9 Å². The van der Waals surface area contributed by atoms with E-state index in [1.807, 2.05) is 13.8 Å². The van der Waals surface area contributed by atoms with Gasteiger partial charge in [-0.05, 0) is 37.6 Å². The monoisotopic (exact) mass is 259 g/mol. The number of carbonyl (C=O) groups excluding carboxylic acids is 1. The molecule has 17 heavy (non-hydrogen) atoms. The lowest BCUT2D eigenvalue weighted by Crippen LogP contribution is -2.34. The number of hydrogen-bond donors (Lipinski definition) is 1. The van der Waals surface area contributed by atoms with Gasteiger partial charge < -0.3 is 4.74 Å². The molecule has 0 heterocycles. The Balaban J connectivity index is 3.07. The van der Waals surface area contributed by atoms with Gasteiger partial charge in [-0.25, -0.2) is 9.18 Å². The summed E-state index contributed by atoms with van der Waals surface area (Å²) in [5, 5.41) is 3.25. The molecule has 0 aliphatic heterocycles. The van der Waals surface area contributed by atoms with Crippen LogP contribution >= 0.6 is 11.6 Å². The summed E-state index contributed by atoms with van der Waals surface area (Å²) in [6.07, 6.45) is 0. The summed E-state index contributed by atoms with van der Waals surface area (Å²) in [7, 11) is 1.29. The summed E-state index contributed by atoms with van der Waals surface area (Å²) in [5.74, 6) is -0.952. The first-order chi connectivity index (χ1) is 7.93. The molecule has 0 fully saturated rings. The van der Waals surface area contributed by atoms with Crippen molar-refractivity contribution in [2.75, 3.05) is 7.11 Å². The molecule has 0 saturated carbocycles. The van der Waals surface area contributed by atoms with Gasteiger partial charge in [0.25, 0.3) is 0 Å². The van der Waals surface area contributed by atoms with Gasteiger partial charge in [-0.1, -0.05) is 11.6 Å². The average molecular weight is 260 g/mol. The zero-order chi connectivity index (χ0) is 13.0. The Morgan fingerprint density at radius 1 is 1.41 bits per heavy atom. The van der Waals surface area contributed by atoms with Crippen LogP contribution in [0.5, 0.6) is 0 Å². The lowest BCUT2D eigenvalue weighted by atomic mass is 10.1. The third kappa shape index (κ3) is 3.98. The van der Waals surface area contributed by atoms with E-state index < -0.39 is 17.8 Å². The maximum Gasteiger partial charge on any atom is 0.327 e. The van der Waals surface area contributed by atoms with Crippen molar-refractivity contribution in [1.82, 2.24) is 5.32 Å². The molecule has 0 radical (unpaired) electrons.